The Morgan fingerprint density at radius 2 is 2.00 bits per heavy atom. The van der Waals surface area contributed by atoms with Crippen molar-refractivity contribution >= 4 is 0 Å². The molecule has 0 saturated heterocycles. The maximum absolute atomic E-state index is 5.47. The average Bonchev–Trinajstić information content (AvgIpc) is 2.93. The molecule has 1 aromatic carbocycles. The predicted molar refractivity (Wildman–Crippen MR) is 77.4 cm³/mol. The summed E-state index contributed by atoms with van der Waals surface area (Å²) in [5, 5.41) is 3.70. The summed E-state index contributed by atoms with van der Waals surface area (Å²) in [5.41, 5.74) is 1.44. The van der Waals surface area contributed by atoms with Crippen molar-refractivity contribution in [2.24, 2.45) is 0 Å². The number of rotatable bonds is 4. The zero-order valence-electron chi connectivity index (χ0n) is 12.3. The second-order valence-electron chi connectivity index (χ2n) is 6.01. The number of benzene rings is 1. The number of methoxy groups -OCH3 is 1. The van der Waals surface area contributed by atoms with Gasteiger partial charge in [0.15, 0.2) is 11.5 Å². The van der Waals surface area contributed by atoms with Crippen LogP contribution in [0.25, 0.3) is 0 Å². The van der Waals surface area contributed by atoms with Crippen molar-refractivity contribution in [1.29, 1.82) is 0 Å². The highest BCUT2D eigenvalue weighted by molar-refractivity contribution is 5.55. The van der Waals surface area contributed by atoms with Crippen LogP contribution >= 0.6 is 0 Å². The molecule has 1 heterocycles. The second kappa shape index (κ2) is 5.52. The number of nitrogens with one attached hydrogen (secondary N) is 1. The molecule has 1 saturated carbocycles. The maximum atomic E-state index is 5.47. The van der Waals surface area contributed by atoms with E-state index in [0.29, 0.717) is 0 Å². The Morgan fingerprint density at radius 1 is 1.20 bits per heavy atom. The molecule has 0 amide bonds. The first kappa shape index (κ1) is 13.6. The molecular weight excluding hydrogens is 254 g/mol. The van der Waals surface area contributed by atoms with Gasteiger partial charge in [-0.2, -0.15) is 0 Å². The largest absolute Gasteiger partial charge is 0.493 e. The molecule has 0 unspecified atom stereocenters. The van der Waals surface area contributed by atoms with Crippen molar-refractivity contribution in [3.05, 3.63) is 17.7 Å². The van der Waals surface area contributed by atoms with Crippen LogP contribution < -0.4 is 19.5 Å². The monoisotopic (exact) mass is 277 g/mol. The summed E-state index contributed by atoms with van der Waals surface area (Å²) in [4.78, 5) is 0. The normalized spacial score (nSPS) is 19.9. The van der Waals surface area contributed by atoms with E-state index >= 15 is 0 Å². The van der Waals surface area contributed by atoms with Crippen molar-refractivity contribution < 1.29 is 14.2 Å². The highest BCUT2D eigenvalue weighted by Crippen LogP contribution is 2.42. The second-order valence-corrected chi connectivity index (χ2v) is 6.01. The summed E-state index contributed by atoms with van der Waals surface area (Å²) in [6.07, 6.45) is 6.54. The topological polar surface area (TPSA) is 39.7 Å². The Balaban J connectivity index is 1.71. The fraction of sp³-hybridized carbons (Fsp3) is 0.625. The van der Waals surface area contributed by atoms with E-state index in [4.69, 9.17) is 14.2 Å². The molecule has 0 aromatic heterocycles. The molecule has 20 heavy (non-hydrogen) atoms. The van der Waals surface area contributed by atoms with Gasteiger partial charge in [0.1, 0.15) is 0 Å². The molecule has 110 valence electrons. The van der Waals surface area contributed by atoms with Crippen molar-refractivity contribution in [2.75, 3.05) is 13.9 Å². The van der Waals surface area contributed by atoms with Crippen LogP contribution in [-0.2, 0) is 6.54 Å². The van der Waals surface area contributed by atoms with Crippen LogP contribution in [0.3, 0.4) is 0 Å². The SMILES string of the molecule is COc1cc(CNC2(C)CCCCC2)cc2c1OCO2. The van der Waals surface area contributed by atoms with Crippen LogP contribution in [0, 0.1) is 0 Å². The molecule has 1 fully saturated rings. The van der Waals surface area contributed by atoms with Crippen LogP contribution in [0.4, 0.5) is 0 Å². The third-order valence-corrected chi connectivity index (χ3v) is 4.39. The summed E-state index contributed by atoms with van der Waals surface area (Å²) in [6, 6.07) is 4.08. The van der Waals surface area contributed by atoms with Gasteiger partial charge in [0.05, 0.1) is 7.11 Å². The van der Waals surface area contributed by atoms with Gasteiger partial charge >= 0.3 is 0 Å². The highest BCUT2D eigenvalue weighted by Gasteiger charge is 2.26. The number of hydrogen-bond acceptors (Lipinski definition) is 4. The molecule has 1 aliphatic heterocycles. The quantitative estimate of drug-likeness (QED) is 0.917. The lowest BCUT2D eigenvalue weighted by Crippen LogP contribution is -2.43. The van der Waals surface area contributed by atoms with E-state index in [1.807, 2.05) is 12.1 Å². The Labute approximate surface area is 120 Å². The van der Waals surface area contributed by atoms with E-state index in [1.54, 1.807) is 7.11 Å². The number of hydrogen-bond donors (Lipinski definition) is 1. The van der Waals surface area contributed by atoms with E-state index in [0.717, 1.165) is 23.8 Å². The minimum absolute atomic E-state index is 0.266. The summed E-state index contributed by atoms with van der Waals surface area (Å²) in [7, 11) is 1.66. The first-order chi connectivity index (χ1) is 9.70. The molecule has 2 aliphatic rings. The van der Waals surface area contributed by atoms with Crippen molar-refractivity contribution in [1.82, 2.24) is 5.32 Å². The van der Waals surface area contributed by atoms with Crippen LogP contribution in [0.1, 0.15) is 44.6 Å². The van der Waals surface area contributed by atoms with E-state index in [-0.39, 0.29) is 12.3 Å². The molecule has 0 spiro atoms. The van der Waals surface area contributed by atoms with Crippen molar-refractivity contribution in [3.8, 4) is 17.2 Å². The molecule has 4 nitrogen and oxygen atoms in total. The molecule has 1 N–H and O–H groups in total. The molecule has 1 aliphatic carbocycles. The Bertz CT molecular complexity index is 481. The lowest BCUT2D eigenvalue weighted by atomic mass is 9.83. The van der Waals surface area contributed by atoms with Gasteiger partial charge in [0.2, 0.25) is 12.5 Å². The average molecular weight is 277 g/mol. The Hall–Kier alpha value is -1.42. The highest BCUT2D eigenvalue weighted by atomic mass is 16.7. The predicted octanol–water partition coefficient (Wildman–Crippen LogP) is 3.24. The van der Waals surface area contributed by atoms with Crippen LogP contribution in [0.15, 0.2) is 12.1 Å². The van der Waals surface area contributed by atoms with Gasteiger partial charge in [0, 0.05) is 12.1 Å². The van der Waals surface area contributed by atoms with Crippen LogP contribution in [0.5, 0.6) is 17.2 Å². The Morgan fingerprint density at radius 3 is 2.75 bits per heavy atom. The number of fused-ring (bicyclic) bond motifs is 1. The third-order valence-electron chi connectivity index (χ3n) is 4.39. The summed E-state index contributed by atoms with van der Waals surface area (Å²) in [6.45, 7) is 3.44. The fourth-order valence-electron chi connectivity index (χ4n) is 3.11. The van der Waals surface area contributed by atoms with Crippen molar-refractivity contribution in [2.45, 2.75) is 51.1 Å². The molecule has 4 heteroatoms. The molecule has 1 aromatic rings. The molecule has 3 rings (SSSR count). The maximum Gasteiger partial charge on any atom is 0.231 e. The van der Waals surface area contributed by atoms with E-state index in [2.05, 4.69) is 12.2 Å². The smallest absolute Gasteiger partial charge is 0.231 e. The fourth-order valence-corrected chi connectivity index (χ4v) is 3.11. The molecule has 0 atom stereocenters. The van der Waals surface area contributed by atoms with Crippen LogP contribution in [0.2, 0.25) is 0 Å². The van der Waals surface area contributed by atoms with Gasteiger partial charge < -0.3 is 19.5 Å². The van der Waals surface area contributed by atoms with E-state index < -0.39 is 0 Å². The van der Waals surface area contributed by atoms with Crippen LogP contribution in [-0.4, -0.2) is 19.4 Å². The Kier molecular flexibility index (Phi) is 3.74. The molecule has 0 bridgehead atoms. The summed E-state index contributed by atoms with van der Waals surface area (Å²) < 4.78 is 16.3. The van der Waals surface area contributed by atoms with E-state index in [1.165, 1.54) is 37.7 Å². The van der Waals surface area contributed by atoms with Gasteiger partial charge in [-0.15, -0.1) is 0 Å². The molecule has 0 radical (unpaired) electrons. The standard InChI is InChI=1S/C16H23NO3/c1-16(6-4-3-5-7-16)17-10-12-8-13(18-2)15-14(9-12)19-11-20-15/h8-9,17H,3-7,10-11H2,1-2H3. The van der Waals surface area contributed by atoms with Gasteiger partial charge in [-0.3, -0.25) is 0 Å². The lowest BCUT2D eigenvalue weighted by molar-refractivity contribution is 0.171. The van der Waals surface area contributed by atoms with E-state index in [9.17, 15) is 0 Å². The first-order valence-electron chi connectivity index (χ1n) is 7.42. The van der Waals surface area contributed by atoms with Gasteiger partial charge in [-0.1, -0.05) is 19.3 Å². The zero-order valence-corrected chi connectivity index (χ0v) is 12.3. The number of ether oxygens (including phenoxy) is 3. The minimum Gasteiger partial charge on any atom is -0.493 e. The zero-order chi connectivity index (χ0) is 14.0. The van der Waals surface area contributed by atoms with Gasteiger partial charge in [-0.25, -0.2) is 0 Å². The van der Waals surface area contributed by atoms with Crippen molar-refractivity contribution in [3.63, 3.8) is 0 Å². The summed E-state index contributed by atoms with van der Waals surface area (Å²) in [5.74, 6) is 2.26. The lowest BCUT2D eigenvalue weighted by Gasteiger charge is -2.35. The van der Waals surface area contributed by atoms with Gasteiger partial charge in [0.25, 0.3) is 0 Å². The van der Waals surface area contributed by atoms with Gasteiger partial charge in [-0.05, 0) is 37.5 Å². The first-order valence-corrected chi connectivity index (χ1v) is 7.42. The minimum atomic E-state index is 0.266. The summed E-state index contributed by atoms with van der Waals surface area (Å²) >= 11 is 0. The molecular formula is C16H23NO3. The third kappa shape index (κ3) is 2.70.